The molecule has 6 heteroatoms. The van der Waals surface area contributed by atoms with Gasteiger partial charge in [-0.3, -0.25) is 9.78 Å². The zero-order valence-electron chi connectivity index (χ0n) is 13.2. The van der Waals surface area contributed by atoms with E-state index in [4.69, 9.17) is 9.26 Å². The van der Waals surface area contributed by atoms with Crippen molar-refractivity contribution >= 4 is 5.97 Å². The number of carbonyl (C=O) groups is 1. The van der Waals surface area contributed by atoms with Crippen LogP contribution >= 0.6 is 0 Å². The van der Waals surface area contributed by atoms with Gasteiger partial charge in [-0.25, -0.2) is 0 Å². The third-order valence-electron chi connectivity index (χ3n) is 3.02. The zero-order chi connectivity index (χ0) is 16.0. The van der Waals surface area contributed by atoms with Crippen LogP contribution in [-0.4, -0.2) is 27.7 Å². The normalized spacial score (nSPS) is 11.4. The predicted molar refractivity (Wildman–Crippen MR) is 80.9 cm³/mol. The summed E-state index contributed by atoms with van der Waals surface area (Å²) in [5.41, 5.74) is 0.801. The quantitative estimate of drug-likeness (QED) is 0.763. The fourth-order valence-electron chi connectivity index (χ4n) is 1.71. The molecule has 0 amide bonds. The van der Waals surface area contributed by atoms with Gasteiger partial charge < -0.3 is 9.26 Å². The summed E-state index contributed by atoms with van der Waals surface area (Å²) in [5.74, 6) is 0.590. The number of carbonyl (C=O) groups excluding carboxylic acids is 1. The van der Waals surface area contributed by atoms with Crippen LogP contribution in [0.2, 0.25) is 0 Å². The molecule has 2 aromatic heterocycles. The van der Waals surface area contributed by atoms with E-state index < -0.39 is 0 Å². The van der Waals surface area contributed by atoms with Crippen LogP contribution in [0, 0.1) is 5.41 Å². The molecule has 0 saturated heterocycles. The number of aryl methyl sites for hydroxylation is 1. The average molecular weight is 303 g/mol. The van der Waals surface area contributed by atoms with Gasteiger partial charge >= 0.3 is 5.97 Å². The van der Waals surface area contributed by atoms with E-state index in [1.165, 1.54) is 0 Å². The van der Waals surface area contributed by atoms with E-state index >= 15 is 0 Å². The van der Waals surface area contributed by atoms with Gasteiger partial charge in [-0.15, -0.1) is 0 Å². The molecule has 118 valence electrons. The number of hydrogen-bond acceptors (Lipinski definition) is 6. The molecule has 2 rings (SSSR count). The maximum Gasteiger partial charge on any atom is 0.306 e. The smallest absolute Gasteiger partial charge is 0.306 e. The van der Waals surface area contributed by atoms with E-state index in [0.29, 0.717) is 30.4 Å². The predicted octanol–water partition coefficient (Wildman–Crippen LogP) is 3.04. The summed E-state index contributed by atoms with van der Waals surface area (Å²) in [6.45, 7) is 6.76. The Morgan fingerprint density at radius 2 is 2.14 bits per heavy atom. The second-order valence-electron chi connectivity index (χ2n) is 6.26. The van der Waals surface area contributed by atoms with Crippen molar-refractivity contribution in [3.63, 3.8) is 0 Å². The summed E-state index contributed by atoms with van der Waals surface area (Å²) in [6.07, 6.45) is 3.10. The van der Waals surface area contributed by atoms with Crippen LogP contribution in [0.4, 0.5) is 0 Å². The van der Waals surface area contributed by atoms with Crippen LogP contribution in [-0.2, 0) is 16.0 Å². The summed E-state index contributed by atoms with van der Waals surface area (Å²) < 4.78 is 10.3. The average Bonchev–Trinajstić information content (AvgIpc) is 2.94. The Bertz CT molecular complexity index is 603. The molecule has 0 aromatic carbocycles. The Hall–Kier alpha value is -2.24. The molecule has 0 radical (unpaired) electrons. The van der Waals surface area contributed by atoms with Crippen LogP contribution in [0.25, 0.3) is 11.5 Å². The molecule has 0 N–H and O–H groups in total. The van der Waals surface area contributed by atoms with Gasteiger partial charge in [0.25, 0.3) is 0 Å². The maximum atomic E-state index is 11.7. The summed E-state index contributed by atoms with van der Waals surface area (Å²) in [6, 6.07) is 5.47. The van der Waals surface area contributed by atoms with E-state index in [1.807, 2.05) is 12.1 Å². The topological polar surface area (TPSA) is 78.1 Å². The highest BCUT2D eigenvalue weighted by atomic mass is 16.5. The number of rotatable bonds is 6. The third kappa shape index (κ3) is 5.27. The monoisotopic (exact) mass is 303 g/mol. The molecular weight excluding hydrogens is 282 g/mol. The van der Waals surface area contributed by atoms with Crippen molar-refractivity contribution in [1.29, 1.82) is 0 Å². The Morgan fingerprint density at radius 3 is 2.82 bits per heavy atom. The fourth-order valence-corrected chi connectivity index (χ4v) is 1.71. The van der Waals surface area contributed by atoms with Crippen LogP contribution in [0.5, 0.6) is 0 Å². The van der Waals surface area contributed by atoms with Gasteiger partial charge in [-0.05, 0) is 24.0 Å². The van der Waals surface area contributed by atoms with Gasteiger partial charge in [0.15, 0.2) is 0 Å². The first-order valence-electron chi connectivity index (χ1n) is 7.34. The molecule has 0 aliphatic carbocycles. The molecule has 0 aliphatic heterocycles. The first-order valence-corrected chi connectivity index (χ1v) is 7.34. The molecule has 2 heterocycles. The van der Waals surface area contributed by atoms with Crippen LogP contribution in [0.1, 0.15) is 39.5 Å². The van der Waals surface area contributed by atoms with Crippen molar-refractivity contribution in [2.45, 2.75) is 40.0 Å². The first kappa shape index (κ1) is 16.1. The lowest BCUT2D eigenvalue weighted by Crippen LogP contribution is -2.13. The second kappa shape index (κ2) is 7.15. The third-order valence-corrected chi connectivity index (χ3v) is 3.02. The molecular formula is C16H21N3O3. The largest absolute Gasteiger partial charge is 0.466 e. The van der Waals surface area contributed by atoms with Gasteiger partial charge in [0.1, 0.15) is 5.69 Å². The maximum absolute atomic E-state index is 11.7. The van der Waals surface area contributed by atoms with Crippen molar-refractivity contribution in [3.05, 3.63) is 30.3 Å². The van der Waals surface area contributed by atoms with Gasteiger partial charge in [0, 0.05) is 12.6 Å². The van der Waals surface area contributed by atoms with Crippen molar-refractivity contribution in [2.75, 3.05) is 6.61 Å². The number of hydrogen-bond donors (Lipinski definition) is 0. The van der Waals surface area contributed by atoms with E-state index in [0.717, 1.165) is 6.42 Å². The number of esters is 1. The standard InChI is InChI=1S/C16H21N3O3/c1-16(2,3)9-11-21-14(20)8-7-13-18-15(19-22-13)12-6-4-5-10-17-12/h4-6,10H,7-9,11H2,1-3H3. The molecule has 2 aromatic rings. The lowest BCUT2D eigenvalue weighted by Gasteiger charge is -2.17. The van der Waals surface area contributed by atoms with E-state index in [-0.39, 0.29) is 17.8 Å². The lowest BCUT2D eigenvalue weighted by molar-refractivity contribution is -0.144. The molecule has 0 atom stereocenters. The SMILES string of the molecule is CC(C)(C)CCOC(=O)CCc1nc(-c2ccccn2)no1. The highest BCUT2D eigenvalue weighted by molar-refractivity contribution is 5.69. The molecule has 0 unspecified atom stereocenters. The van der Waals surface area contributed by atoms with Crippen LogP contribution in [0.3, 0.4) is 0 Å². The fraction of sp³-hybridized carbons (Fsp3) is 0.500. The number of aromatic nitrogens is 3. The first-order chi connectivity index (χ1) is 10.4. The Balaban J connectivity index is 1.78. The minimum atomic E-state index is -0.248. The molecule has 0 fully saturated rings. The number of nitrogens with zero attached hydrogens (tertiary/aromatic N) is 3. The van der Waals surface area contributed by atoms with Crippen molar-refractivity contribution in [1.82, 2.24) is 15.1 Å². The number of ether oxygens (including phenoxy) is 1. The summed E-state index contributed by atoms with van der Waals surface area (Å²) in [7, 11) is 0. The second-order valence-corrected chi connectivity index (χ2v) is 6.26. The van der Waals surface area contributed by atoms with Gasteiger partial charge in [-0.1, -0.05) is 32.0 Å². The Labute approximate surface area is 129 Å². The summed E-state index contributed by atoms with van der Waals surface area (Å²) >= 11 is 0. The van der Waals surface area contributed by atoms with Gasteiger partial charge in [0.2, 0.25) is 11.7 Å². The Kier molecular flexibility index (Phi) is 5.25. The van der Waals surface area contributed by atoms with E-state index in [1.54, 1.807) is 12.3 Å². The van der Waals surface area contributed by atoms with Gasteiger partial charge in [-0.2, -0.15) is 4.98 Å². The zero-order valence-corrected chi connectivity index (χ0v) is 13.2. The highest BCUT2D eigenvalue weighted by Gasteiger charge is 2.14. The van der Waals surface area contributed by atoms with Crippen molar-refractivity contribution in [2.24, 2.45) is 5.41 Å². The lowest BCUT2D eigenvalue weighted by atomic mass is 9.93. The number of pyridine rings is 1. The summed E-state index contributed by atoms with van der Waals surface area (Å²) in [4.78, 5) is 20.0. The Morgan fingerprint density at radius 1 is 1.32 bits per heavy atom. The molecule has 0 aliphatic rings. The molecule has 0 saturated carbocycles. The molecule has 0 spiro atoms. The van der Waals surface area contributed by atoms with E-state index in [2.05, 4.69) is 35.9 Å². The molecule has 6 nitrogen and oxygen atoms in total. The van der Waals surface area contributed by atoms with Crippen molar-refractivity contribution in [3.8, 4) is 11.5 Å². The molecule has 22 heavy (non-hydrogen) atoms. The minimum Gasteiger partial charge on any atom is -0.466 e. The highest BCUT2D eigenvalue weighted by Crippen LogP contribution is 2.18. The summed E-state index contributed by atoms with van der Waals surface area (Å²) in [5, 5.41) is 3.86. The van der Waals surface area contributed by atoms with E-state index in [9.17, 15) is 4.79 Å². The van der Waals surface area contributed by atoms with Crippen LogP contribution in [0.15, 0.2) is 28.9 Å². The minimum absolute atomic E-state index is 0.157. The van der Waals surface area contributed by atoms with Crippen LogP contribution < -0.4 is 0 Å². The molecule has 0 bridgehead atoms. The van der Waals surface area contributed by atoms with Crippen molar-refractivity contribution < 1.29 is 14.1 Å². The van der Waals surface area contributed by atoms with Gasteiger partial charge in [0.05, 0.1) is 13.0 Å².